The lowest BCUT2D eigenvalue weighted by Crippen LogP contribution is -2.41. The molecule has 120 valence electrons. The van der Waals surface area contributed by atoms with Crippen molar-refractivity contribution < 1.29 is 4.79 Å². The Hall–Kier alpha value is -2.50. The summed E-state index contributed by atoms with van der Waals surface area (Å²) in [5.74, 6) is 1.01. The molecule has 0 unspecified atom stereocenters. The molecule has 0 aliphatic carbocycles. The summed E-state index contributed by atoms with van der Waals surface area (Å²) >= 11 is 0. The third kappa shape index (κ3) is 3.83. The van der Waals surface area contributed by atoms with Gasteiger partial charge in [0.1, 0.15) is 12.7 Å². The molecule has 2 aromatic rings. The molecule has 23 heavy (non-hydrogen) atoms. The first-order valence-electron chi connectivity index (χ1n) is 7.90. The molecule has 6 heteroatoms. The molecule has 0 saturated carbocycles. The lowest BCUT2D eigenvalue weighted by Gasteiger charge is -2.33. The summed E-state index contributed by atoms with van der Waals surface area (Å²) in [5, 5.41) is 0. The van der Waals surface area contributed by atoms with Crippen molar-refractivity contribution in [3.05, 3.63) is 48.5 Å². The van der Waals surface area contributed by atoms with Gasteiger partial charge in [-0.25, -0.2) is 15.0 Å². The zero-order valence-electron chi connectivity index (χ0n) is 13.3. The Labute approximate surface area is 136 Å². The van der Waals surface area contributed by atoms with E-state index in [1.54, 1.807) is 0 Å². The minimum absolute atomic E-state index is 0.0850. The van der Waals surface area contributed by atoms with E-state index in [0.29, 0.717) is 12.5 Å². The monoisotopic (exact) mass is 311 g/mol. The Morgan fingerprint density at radius 2 is 1.83 bits per heavy atom. The van der Waals surface area contributed by atoms with Gasteiger partial charge in [0.2, 0.25) is 11.9 Å². The number of nitrogens with zero attached hydrogens (tertiary/aromatic N) is 5. The quantitative estimate of drug-likeness (QED) is 0.861. The number of anilines is 1. The number of amides is 1. The van der Waals surface area contributed by atoms with E-state index in [4.69, 9.17) is 0 Å². The maximum atomic E-state index is 12.6. The zero-order chi connectivity index (χ0) is 16.1. The highest BCUT2D eigenvalue weighted by Crippen LogP contribution is 2.22. The van der Waals surface area contributed by atoms with Gasteiger partial charge >= 0.3 is 0 Å². The Bertz CT molecular complexity index is 626. The SMILES string of the molecule is CN(Cc1ccccc1)C(=O)C1CCN(c2ncncn2)CC1. The average molecular weight is 311 g/mol. The summed E-state index contributed by atoms with van der Waals surface area (Å²) in [4.78, 5) is 28.7. The molecule has 1 aliphatic rings. The van der Waals surface area contributed by atoms with Crippen molar-refractivity contribution in [3.63, 3.8) is 0 Å². The van der Waals surface area contributed by atoms with Crippen LogP contribution >= 0.6 is 0 Å². The highest BCUT2D eigenvalue weighted by atomic mass is 16.2. The summed E-state index contributed by atoms with van der Waals surface area (Å²) in [7, 11) is 1.88. The third-order valence-corrected chi connectivity index (χ3v) is 4.25. The van der Waals surface area contributed by atoms with Crippen molar-refractivity contribution in [2.24, 2.45) is 5.92 Å². The van der Waals surface area contributed by atoms with Crippen molar-refractivity contribution >= 4 is 11.9 Å². The molecule has 0 spiro atoms. The molecule has 0 N–H and O–H groups in total. The van der Waals surface area contributed by atoms with Crippen LogP contribution in [0.25, 0.3) is 0 Å². The molecular formula is C17H21N5O. The summed E-state index contributed by atoms with van der Waals surface area (Å²) in [6.07, 6.45) is 4.69. The van der Waals surface area contributed by atoms with Crippen LogP contribution in [0, 0.1) is 5.92 Å². The minimum atomic E-state index is 0.0850. The first-order valence-corrected chi connectivity index (χ1v) is 7.90. The van der Waals surface area contributed by atoms with E-state index in [-0.39, 0.29) is 11.8 Å². The standard InChI is InChI=1S/C17H21N5O/c1-21(11-14-5-3-2-4-6-14)16(23)15-7-9-22(10-8-15)17-19-12-18-13-20-17/h2-6,12-13,15H,7-11H2,1H3. The first kappa shape index (κ1) is 15.4. The van der Waals surface area contributed by atoms with Gasteiger partial charge in [-0.1, -0.05) is 30.3 Å². The highest BCUT2D eigenvalue weighted by Gasteiger charge is 2.28. The fourth-order valence-electron chi connectivity index (χ4n) is 2.97. The number of aromatic nitrogens is 3. The maximum absolute atomic E-state index is 12.6. The van der Waals surface area contributed by atoms with E-state index in [9.17, 15) is 4.79 Å². The van der Waals surface area contributed by atoms with Crippen molar-refractivity contribution in [2.45, 2.75) is 19.4 Å². The smallest absolute Gasteiger partial charge is 0.228 e. The molecule has 0 atom stereocenters. The van der Waals surface area contributed by atoms with Gasteiger partial charge in [0.05, 0.1) is 0 Å². The predicted molar refractivity (Wildman–Crippen MR) is 87.7 cm³/mol. The normalized spacial score (nSPS) is 15.4. The van der Waals surface area contributed by atoms with Crippen LogP contribution in [0.15, 0.2) is 43.0 Å². The molecule has 6 nitrogen and oxygen atoms in total. The zero-order valence-corrected chi connectivity index (χ0v) is 13.3. The Kier molecular flexibility index (Phi) is 4.80. The summed E-state index contributed by atoms with van der Waals surface area (Å²) in [5.41, 5.74) is 1.16. The van der Waals surface area contributed by atoms with Gasteiger partial charge in [-0.3, -0.25) is 4.79 Å². The van der Waals surface area contributed by atoms with Crippen LogP contribution < -0.4 is 4.90 Å². The molecule has 1 aliphatic heterocycles. The molecule has 0 bridgehead atoms. The van der Waals surface area contributed by atoms with Crippen LogP contribution in [-0.2, 0) is 11.3 Å². The van der Waals surface area contributed by atoms with E-state index >= 15 is 0 Å². The first-order chi connectivity index (χ1) is 11.2. The van der Waals surface area contributed by atoms with Gasteiger partial charge in [0, 0.05) is 32.6 Å². The molecule has 1 aromatic carbocycles. The van der Waals surface area contributed by atoms with Gasteiger partial charge in [-0.05, 0) is 18.4 Å². The Morgan fingerprint density at radius 3 is 2.48 bits per heavy atom. The number of hydrogen-bond acceptors (Lipinski definition) is 5. The number of carbonyl (C=O) groups is 1. The third-order valence-electron chi connectivity index (χ3n) is 4.25. The molecule has 1 amide bonds. The van der Waals surface area contributed by atoms with E-state index in [0.717, 1.165) is 31.5 Å². The number of benzene rings is 1. The molecule has 2 heterocycles. The number of carbonyl (C=O) groups excluding carboxylic acids is 1. The van der Waals surface area contributed by atoms with E-state index in [1.807, 2.05) is 42.3 Å². The van der Waals surface area contributed by atoms with Gasteiger partial charge in [-0.15, -0.1) is 0 Å². The fourth-order valence-corrected chi connectivity index (χ4v) is 2.97. The minimum Gasteiger partial charge on any atom is -0.341 e. The summed E-state index contributed by atoms with van der Waals surface area (Å²) in [6, 6.07) is 10.1. The molecule has 0 radical (unpaired) electrons. The van der Waals surface area contributed by atoms with Crippen molar-refractivity contribution in [1.29, 1.82) is 0 Å². The molecule has 1 saturated heterocycles. The van der Waals surface area contributed by atoms with Crippen LogP contribution in [0.4, 0.5) is 5.95 Å². The number of piperidine rings is 1. The molecule has 3 rings (SSSR count). The van der Waals surface area contributed by atoms with E-state index in [2.05, 4.69) is 19.9 Å². The largest absolute Gasteiger partial charge is 0.341 e. The topological polar surface area (TPSA) is 62.2 Å². The lowest BCUT2D eigenvalue weighted by molar-refractivity contribution is -0.135. The van der Waals surface area contributed by atoms with E-state index in [1.165, 1.54) is 12.7 Å². The lowest BCUT2D eigenvalue weighted by atomic mass is 9.95. The average Bonchev–Trinajstić information content (AvgIpc) is 2.63. The summed E-state index contributed by atoms with van der Waals surface area (Å²) in [6.45, 7) is 2.27. The van der Waals surface area contributed by atoms with Gasteiger partial charge in [0.25, 0.3) is 0 Å². The van der Waals surface area contributed by atoms with Crippen molar-refractivity contribution in [1.82, 2.24) is 19.9 Å². The fraction of sp³-hybridized carbons (Fsp3) is 0.412. The van der Waals surface area contributed by atoms with Gasteiger partial charge < -0.3 is 9.80 Å². The predicted octanol–water partition coefficient (Wildman–Crippen LogP) is 1.75. The molecule has 1 aromatic heterocycles. The van der Waals surface area contributed by atoms with Crippen LogP contribution in [0.3, 0.4) is 0 Å². The second kappa shape index (κ2) is 7.17. The van der Waals surface area contributed by atoms with Crippen LogP contribution in [-0.4, -0.2) is 45.9 Å². The van der Waals surface area contributed by atoms with Gasteiger partial charge in [0.15, 0.2) is 0 Å². The second-order valence-electron chi connectivity index (χ2n) is 5.88. The Balaban J connectivity index is 1.54. The van der Waals surface area contributed by atoms with E-state index < -0.39 is 0 Å². The second-order valence-corrected chi connectivity index (χ2v) is 5.88. The van der Waals surface area contributed by atoms with Gasteiger partial charge in [-0.2, -0.15) is 0 Å². The van der Waals surface area contributed by atoms with Crippen molar-refractivity contribution in [3.8, 4) is 0 Å². The Morgan fingerprint density at radius 1 is 1.17 bits per heavy atom. The van der Waals surface area contributed by atoms with Crippen LogP contribution in [0.1, 0.15) is 18.4 Å². The number of hydrogen-bond donors (Lipinski definition) is 0. The van der Waals surface area contributed by atoms with Crippen LogP contribution in [0.2, 0.25) is 0 Å². The molecule has 1 fully saturated rings. The van der Waals surface area contributed by atoms with Crippen molar-refractivity contribution in [2.75, 3.05) is 25.0 Å². The highest BCUT2D eigenvalue weighted by molar-refractivity contribution is 5.78. The van der Waals surface area contributed by atoms with Crippen LogP contribution in [0.5, 0.6) is 0 Å². The molecular weight excluding hydrogens is 290 g/mol. The number of rotatable bonds is 4. The maximum Gasteiger partial charge on any atom is 0.228 e. The summed E-state index contributed by atoms with van der Waals surface area (Å²) < 4.78 is 0.